The Morgan fingerprint density at radius 2 is 2.23 bits per heavy atom. The third-order valence-electron chi connectivity index (χ3n) is 2.27. The molecule has 2 rings (SSSR count). The summed E-state index contributed by atoms with van der Waals surface area (Å²) in [4.78, 5) is 4.51. The molecule has 1 aliphatic carbocycles. The lowest BCUT2D eigenvalue weighted by molar-refractivity contribution is 0.809. The van der Waals surface area contributed by atoms with Crippen LogP contribution in [0.3, 0.4) is 0 Å². The van der Waals surface area contributed by atoms with Crippen LogP contribution in [-0.4, -0.2) is 4.98 Å². The van der Waals surface area contributed by atoms with Gasteiger partial charge in [0.2, 0.25) is 0 Å². The largest absolute Gasteiger partial charge is 0.258 e. The lowest BCUT2D eigenvalue weighted by Gasteiger charge is -2.12. The highest BCUT2D eigenvalue weighted by Gasteiger charge is 2.08. The van der Waals surface area contributed by atoms with Crippen molar-refractivity contribution in [3.05, 3.63) is 53.9 Å². The van der Waals surface area contributed by atoms with E-state index in [2.05, 4.69) is 41.4 Å². The van der Waals surface area contributed by atoms with Gasteiger partial charge in [-0.15, -0.1) is 0 Å². The molecule has 1 aromatic rings. The van der Waals surface area contributed by atoms with Gasteiger partial charge >= 0.3 is 0 Å². The van der Waals surface area contributed by atoms with Gasteiger partial charge < -0.3 is 0 Å². The lowest BCUT2D eigenvalue weighted by Crippen LogP contribution is -1.99. The third kappa shape index (κ3) is 1.86. The molecule has 13 heavy (non-hydrogen) atoms. The molecule has 0 saturated carbocycles. The van der Waals surface area contributed by atoms with Crippen molar-refractivity contribution < 1.29 is 0 Å². The summed E-state index contributed by atoms with van der Waals surface area (Å²) in [6, 6.07) is 6.21. The Kier molecular flexibility index (Phi) is 2.26. The SMILES string of the molecule is Cc1cccc(C2C=CC=CC2)n1. The zero-order chi connectivity index (χ0) is 9.10. The van der Waals surface area contributed by atoms with Crippen molar-refractivity contribution in [2.75, 3.05) is 0 Å². The van der Waals surface area contributed by atoms with E-state index < -0.39 is 0 Å². The molecule has 0 aliphatic heterocycles. The maximum Gasteiger partial charge on any atom is 0.0478 e. The standard InChI is InChI=1S/C12H13N/c1-10-6-5-9-12(13-10)11-7-3-2-4-8-11/h2-7,9,11H,8H2,1H3. The van der Waals surface area contributed by atoms with Crippen LogP contribution >= 0.6 is 0 Å². The molecule has 0 bridgehead atoms. The van der Waals surface area contributed by atoms with E-state index in [1.165, 1.54) is 5.69 Å². The zero-order valence-corrected chi connectivity index (χ0v) is 7.77. The Balaban J connectivity index is 2.25. The summed E-state index contributed by atoms with van der Waals surface area (Å²) in [6.45, 7) is 2.03. The average molecular weight is 171 g/mol. The molecule has 0 aromatic carbocycles. The van der Waals surface area contributed by atoms with Crippen molar-refractivity contribution in [3.8, 4) is 0 Å². The summed E-state index contributed by atoms with van der Waals surface area (Å²) in [5, 5.41) is 0. The smallest absolute Gasteiger partial charge is 0.0478 e. The number of nitrogens with zero attached hydrogens (tertiary/aromatic N) is 1. The molecule has 1 aromatic heterocycles. The van der Waals surface area contributed by atoms with Crippen LogP contribution in [0.15, 0.2) is 42.5 Å². The van der Waals surface area contributed by atoms with Gasteiger partial charge in [-0.25, -0.2) is 0 Å². The number of hydrogen-bond acceptors (Lipinski definition) is 1. The molecule has 1 heteroatoms. The molecule has 66 valence electrons. The van der Waals surface area contributed by atoms with Crippen LogP contribution in [0, 0.1) is 6.92 Å². The van der Waals surface area contributed by atoms with Gasteiger partial charge in [0.05, 0.1) is 0 Å². The Morgan fingerprint density at radius 1 is 1.31 bits per heavy atom. The molecular weight excluding hydrogens is 158 g/mol. The number of aromatic nitrogens is 1. The molecule has 0 amide bonds. The molecular formula is C12H13N. The highest BCUT2D eigenvalue weighted by molar-refractivity contribution is 5.24. The van der Waals surface area contributed by atoms with Crippen LogP contribution in [0.4, 0.5) is 0 Å². The normalized spacial score (nSPS) is 20.5. The van der Waals surface area contributed by atoms with Crippen LogP contribution in [-0.2, 0) is 0 Å². The fraction of sp³-hybridized carbons (Fsp3) is 0.250. The second kappa shape index (κ2) is 3.56. The number of hydrogen-bond donors (Lipinski definition) is 0. The zero-order valence-electron chi connectivity index (χ0n) is 7.77. The van der Waals surface area contributed by atoms with E-state index in [9.17, 15) is 0 Å². The summed E-state index contributed by atoms with van der Waals surface area (Å²) in [5.74, 6) is 0.477. The number of rotatable bonds is 1. The molecule has 0 radical (unpaired) electrons. The highest BCUT2D eigenvalue weighted by atomic mass is 14.7. The summed E-state index contributed by atoms with van der Waals surface area (Å²) in [5.41, 5.74) is 2.28. The minimum absolute atomic E-state index is 0.477. The Morgan fingerprint density at radius 3 is 2.92 bits per heavy atom. The molecule has 1 unspecified atom stereocenters. The molecule has 1 aliphatic rings. The van der Waals surface area contributed by atoms with Crippen LogP contribution in [0.2, 0.25) is 0 Å². The van der Waals surface area contributed by atoms with Crippen LogP contribution in [0.5, 0.6) is 0 Å². The van der Waals surface area contributed by atoms with Crippen molar-refractivity contribution in [1.82, 2.24) is 4.98 Å². The van der Waals surface area contributed by atoms with Gasteiger partial charge in [-0.1, -0.05) is 30.4 Å². The summed E-state index contributed by atoms with van der Waals surface area (Å²) < 4.78 is 0. The lowest BCUT2D eigenvalue weighted by atomic mass is 9.97. The predicted octanol–water partition coefficient (Wildman–Crippen LogP) is 2.99. The van der Waals surface area contributed by atoms with Gasteiger partial charge in [-0.3, -0.25) is 4.98 Å². The minimum Gasteiger partial charge on any atom is -0.258 e. The summed E-state index contributed by atoms with van der Waals surface area (Å²) in [6.07, 6.45) is 9.66. The topological polar surface area (TPSA) is 12.9 Å². The molecule has 0 fully saturated rings. The molecule has 1 nitrogen and oxygen atoms in total. The van der Waals surface area contributed by atoms with E-state index in [1.54, 1.807) is 0 Å². The highest BCUT2D eigenvalue weighted by Crippen LogP contribution is 2.22. The fourth-order valence-electron chi connectivity index (χ4n) is 1.57. The molecule has 0 N–H and O–H groups in total. The summed E-state index contributed by atoms with van der Waals surface area (Å²) >= 11 is 0. The van der Waals surface area contributed by atoms with E-state index in [0.29, 0.717) is 5.92 Å². The molecule has 0 spiro atoms. The number of allylic oxidation sites excluding steroid dienone is 4. The maximum atomic E-state index is 4.51. The maximum absolute atomic E-state index is 4.51. The first kappa shape index (κ1) is 8.24. The Hall–Kier alpha value is -1.37. The van der Waals surface area contributed by atoms with Crippen molar-refractivity contribution in [3.63, 3.8) is 0 Å². The second-order valence-corrected chi connectivity index (χ2v) is 3.36. The molecule has 1 atom stereocenters. The van der Waals surface area contributed by atoms with Crippen molar-refractivity contribution in [1.29, 1.82) is 0 Å². The fourth-order valence-corrected chi connectivity index (χ4v) is 1.57. The van der Waals surface area contributed by atoms with E-state index in [-0.39, 0.29) is 0 Å². The Bertz CT molecular complexity index is 350. The van der Waals surface area contributed by atoms with E-state index in [1.807, 2.05) is 13.0 Å². The van der Waals surface area contributed by atoms with E-state index in [0.717, 1.165) is 12.1 Å². The van der Waals surface area contributed by atoms with Gasteiger partial charge in [-0.05, 0) is 25.5 Å². The monoisotopic (exact) mass is 171 g/mol. The number of pyridine rings is 1. The second-order valence-electron chi connectivity index (χ2n) is 3.36. The van der Waals surface area contributed by atoms with E-state index >= 15 is 0 Å². The first-order chi connectivity index (χ1) is 6.36. The molecule has 0 saturated heterocycles. The average Bonchev–Trinajstić information content (AvgIpc) is 2.19. The van der Waals surface area contributed by atoms with Gasteiger partial charge in [0.25, 0.3) is 0 Å². The number of aryl methyl sites for hydroxylation is 1. The van der Waals surface area contributed by atoms with E-state index in [4.69, 9.17) is 0 Å². The van der Waals surface area contributed by atoms with Crippen molar-refractivity contribution in [2.24, 2.45) is 0 Å². The summed E-state index contributed by atoms with van der Waals surface area (Å²) in [7, 11) is 0. The predicted molar refractivity (Wildman–Crippen MR) is 54.6 cm³/mol. The minimum atomic E-state index is 0.477. The van der Waals surface area contributed by atoms with Crippen LogP contribution in [0.25, 0.3) is 0 Å². The first-order valence-corrected chi connectivity index (χ1v) is 4.63. The van der Waals surface area contributed by atoms with Gasteiger partial charge in [0.15, 0.2) is 0 Å². The van der Waals surface area contributed by atoms with Gasteiger partial charge in [0, 0.05) is 17.3 Å². The van der Waals surface area contributed by atoms with Crippen molar-refractivity contribution >= 4 is 0 Å². The van der Waals surface area contributed by atoms with Crippen LogP contribution in [0.1, 0.15) is 23.7 Å². The molecule has 1 heterocycles. The van der Waals surface area contributed by atoms with Gasteiger partial charge in [-0.2, -0.15) is 0 Å². The Labute approximate surface area is 78.8 Å². The van der Waals surface area contributed by atoms with Gasteiger partial charge in [0.1, 0.15) is 0 Å². The van der Waals surface area contributed by atoms with Crippen LogP contribution < -0.4 is 0 Å². The quantitative estimate of drug-likeness (QED) is 0.633. The van der Waals surface area contributed by atoms with Crippen molar-refractivity contribution in [2.45, 2.75) is 19.3 Å². The third-order valence-corrected chi connectivity index (χ3v) is 2.27. The first-order valence-electron chi connectivity index (χ1n) is 4.63.